The van der Waals surface area contributed by atoms with Crippen molar-refractivity contribution in [3.63, 3.8) is 0 Å². The molecule has 1 aromatic carbocycles. The number of thiazole rings is 1. The minimum absolute atomic E-state index is 0.107. The molecule has 1 heterocycles. The van der Waals surface area contributed by atoms with Crippen molar-refractivity contribution in [3.8, 4) is 0 Å². The fourth-order valence-corrected chi connectivity index (χ4v) is 2.68. The van der Waals surface area contributed by atoms with E-state index in [4.69, 9.17) is 24.8 Å². The van der Waals surface area contributed by atoms with E-state index in [2.05, 4.69) is 24.0 Å². The summed E-state index contributed by atoms with van der Waals surface area (Å²) in [6.45, 7) is 9.85. The second-order valence-electron chi connectivity index (χ2n) is 7.03. The number of rotatable bonds is 9. The molecule has 3 N–H and O–H groups in total. The summed E-state index contributed by atoms with van der Waals surface area (Å²) in [6, 6.07) is 10.2. The highest BCUT2D eigenvalue weighted by atomic mass is 32.1. The van der Waals surface area contributed by atoms with Crippen molar-refractivity contribution in [1.82, 2.24) is 4.98 Å². The van der Waals surface area contributed by atoms with Gasteiger partial charge in [0.1, 0.15) is 11.1 Å². The topological polar surface area (TPSA) is 92.0 Å². The minimum Gasteiger partial charge on any atom is -0.396 e. The van der Waals surface area contributed by atoms with Crippen LogP contribution in [0, 0.1) is 0 Å². The van der Waals surface area contributed by atoms with Gasteiger partial charge >= 0.3 is 0 Å². The summed E-state index contributed by atoms with van der Waals surface area (Å²) in [5.41, 5.74) is 1.21. The van der Waals surface area contributed by atoms with E-state index in [0.29, 0.717) is 19.6 Å². The zero-order valence-electron chi connectivity index (χ0n) is 18.2. The third-order valence-electron chi connectivity index (χ3n) is 3.15. The van der Waals surface area contributed by atoms with E-state index >= 15 is 0 Å². The number of nitrogens with zero attached hydrogens (tertiary/aromatic N) is 1. The van der Waals surface area contributed by atoms with Gasteiger partial charge in [0, 0.05) is 24.3 Å². The van der Waals surface area contributed by atoms with Crippen LogP contribution in [0.3, 0.4) is 0 Å². The molecule has 0 amide bonds. The number of ether oxygens (including phenoxy) is 2. The van der Waals surface area contributed by atoms with Crippen molar-refractivity contribution in [3.05, 3.63) is 52.5 Å². The predicted octanol–water partition coefficient (Wildman–Crippen LogP) is 4.31. The van der Waals surface area contributed by atoms with Gasteiger partial charge in [0.15, 0.2) is 5.79 Å². The summed E-state index contributed by atoms with van der Waals surface area (Å²) in [6.07, 6.45) is 3.32. The molecule has 0 aliphatic rings. The molecule has 6 nitrogen and oxygen atoms in total. The zero-order chi connectivity index (χ0) is 22.1. The molecule has 1 atom stereocenters. The van der Waals surface area contributed by atoms with Crippen molar-refractivity contribution in [2.45, 2.75) is 72.1 Å². The van der Waals surface area contributed by atoms with Gasteiger partial charge in [0.05, 0.1) is 13.2 Å². The molecular formula is C22H37NO5S. The summed E-state index contributed by atoms with van der Waals surface area (Å²) < 4.78 is 10.7. The first-order chi connectivity index (χ1) is 13.7. The second-order valence-corrected chi connectivity index (χ2v) is 7.96. The predicted molar refractivity (Wildman–Crippen MR) is 118 cm³/mol. The van der Waals surface area contributed by atoms with Crippen LogP contribution < -0.4 is 0 Å². The number of aliphatic hydroxyl groups is 3. The smallest absolute Gasteiger partial charge is 0.159 e. The van der Waals surface area contributed by atoms with Crippen LogP contribution in [0.2, 0.25) is 0 Å². The molecule has 0 aliphatic heterocycles. The average molecular weight is 428 g/mol. The molecule has 0 saturated heterocycles. The van der Waals surface area contributed by atoms with Gasteiger partial charge in [-0.2, -0.15) is 0 Å². The number of aliphatic hydroxyl groups excluding tert-OH is 2. The second kappa shape index (κ2) is 16.4. The Labute approximate surface area is 179 Å². The minimum atomic E-state index is -1.06. The van der Waals surface area contributed by atoms with E-state index in [1.165, 1.54) is 5.56 Å². The van der Waals surface area contributed by atoms with Crippen LogP contribution >= 0.6 is 11.3 Å². The molecule has 0 radical (unpaired) electrons. The Morgan fingerprint density at radius 1 is 1.17 bits per heavy atom. The Kier molecular flexibility index (Phi) is 15.7. The van der Waals surface area contributed by atoms with E-state index in [1.54, 1.807) is 39.0 Å². The lowest BCUT2D eigenvalue weighted by Crippen LogP contribution is -2.23. The van der Waals surface area contributed by atoms with Crippen LogP contribution in [-0.4, -0.2) is 45.4 Å². The Bertz CT molecular complexity index is 582. The highest BCUT2D eigenvalue weighted by Crippen LogP contribution is 2.24. The Morgan fingerprint density at radius 2 is 1.79 bits per heavy atom. The van der Waals surface area contributed by atoms with Crippen molar-refractivity contribution >= 4 is 11.3 Å². The molecule has 7 heteroatoms. The highest BCUT2D eigenvalue weighted by Gasteiger charge is 2.12. The van der Waals surface area contributed by atoms with E-state index in [-0.39, 0.29) is 18.8 Å². The van der Waals surface area contributed by atoms with Crippen molar-refractivity contribution < 1.29 is 24.8 Å². The maximum absolute atomic E-state index is 8.94. The van der Waals surface area contributed by atoms with Gasteiger partial charge in [-0.1, -0.05) is 37.3 Å². The molecule has 29 heavy (non-hydrogen) atoms. The zero-order valence-corrected chi connectivity index (χ0v) is 19.1. The molecule has 0 bridgehead atoms. The van der Waals surface area contributed by atoms with Crippen LogP contribution in [0.15, 0.2) is 41.9 Å². The van der Waals surface area contributed by atoms with E-state index < -0.39 is 5.79 Å². The first kappa shape index (κ1) is 27.6. The van der Waals surface area contributed by atoms with Gasteiger partial charge in [0.2, 0.25) is 0 Å². The van der Waals surface area contributed by atoms with E-state index in [9.17, 15) is 0 Å². The normalized spacial score (nSPS) is 11.9. The molecule has 1 aromatic heterocycles. The molecule has 0 aliphatic carbocycles. The van der Waals surface area contributed by atoms with Crippen LogP contribution in [0.4, 0.5) is 0 Å². The van der Waals surface area contributed by atoms with Crippen LogP contribution in [0.25, 0.3) is 0 Å². The summed E-state index contributed by atoms with van der Waals surface area (Å²) in [4.78, 5) is 4.29. The molecule has 2 aromatic rings. The van der Waals surface area contributed by atoms with Gasteiger partial charge in [-0.15, -0.1) is 11.3 Å². The molecule has 166 valence electrons. The third-order valence-corrected chi connectivity index (χ3v) is 4.02. The number of benzene rings is 1. The van der Waals surface area contributed by atoms with Gasteiger partial charge in [-0.05, 0) is 46.1 Å². The van der Waals surface area contributed by atoms with Crippen molar-refractivity contribution in [2.75, 3.05) is 13.2 Å². The van der Waals surface area contributed by atoms with Crippen molar-refractivity contribution in [2.24, 2.45) is 0 Å². The maximum atomic E-state index is 8.94. The fraction of sp³-hybridized carbons (Fsp3) is 0.591. The monoisotopic (exact) mass is 427 g/mol. The van der Waals surface area contributed by atoms with Crippen LogP contribution in [0.1, 0.15) is 64.1 Å². The molecule has 0 spiro atoms. The Morgan fingerprint density at radius 3 is 2.24 bits per heavy atom. The lowest BCUT2D eigenvalue weighted by atomic mass is 10.2. The van der Waals surface area contributed by atoms with Gasteiger partial charge in [-0.3, -0.25) is 0 Å². The first-order valence-electron chi connectivity index (χ1n) is 9.89. The average Bonchev–Trinajstić information content (AvgIpc) is 3.17. The molecule has 0 saturated carbocycles. The van der Waals surface area contributed by atoms with E-state index in [0.717, 1.165) is 11.4 Å². The summed E-state index contributed by atoms with van der Waals surface area (Å²) in [7, 11) is 0. The Balaban J connectivity index is 0.000000512. The maximum Gasteiger partial charge on any atom is 0.159 e. The highest BCUT2D eigenvalue weighted by molar-refractivity contribution is 7.09. The van der Waals surface area contributed by atoms with Crippen molar-refractivity contribution in [1.29, 1.82) is 0 Å². The molecular weight excluding hydrogens is 390 g/mol. The van der Waals surface area contributed by atoms with Crippen LogP contribution in [0.5, 0.6) is 0 Å². The number of aromatic nitrogens is 1. The fourth-order valence-electron chi connectivity index (χ4n) is 1.91. The largest absolute Gasteiger partial charge is 0.396 e. The molecule has 2 rings (SSSR count). The van der Waals surface area contributed by atoms with Gasteiger partial charge in [0.25, 0.3) is 0 Å². The summed E-state index contributed by atoms with van der Waals surface area (Å²) in [5, 5.41) is 28.4. The SMILES string of the molecule is CC(C)(O)OCCCO.CC(C)O.CCC(OCc1ccccc1)c1nccs1. The molecule has 1 unspecified atom stereocenters. The van der Waals surface area contributed by atoms with Gasteiger partial charge < -0.3 is 24.8 Å². The lowest BCUT2D eigenvalue weighted by Gasteiger charge is -2.17. The third kappa shape index (κ3) is 17.2. The number of hydrogen-bond acceptors (Lipinski definition) is 7. The van der Waals surface area contributed by atoms with E-state index in [1.807, 2.05) is 29.8 Å². The van der Waals surface area contributed by atoms with Crippen LogP contribution in [-0.2, 0) is 16.1 Å². The lowest BCUT2D eigenvalue weighted by molar-refractivity contribution is -0.177. The summed E-state index contributed by atoms with van der Waals surface area (Å²) >= 11 is 1.65. The number of hydrogen-bond donors (Lipinski definition) is 3. The summed E-state index contributed by atoms with van der Waals surface area (Å²) in [5.74, 6) is -1.06. The Hall–Kier alpha value is -1.35. The quantitative estimate of drug-likeness (QED) is 0.408. The van der Waals surface area contributed by atoms with Gasteiger partial charge in [-0.25, -0.2) is 4.98 Å². The standard InChI is InChI=1S/C13H15NOS.C6H14O3.C3H8O/c1-2-12(13-14-8-9-16-13)15-10-11-6-4-3-5-7-11;1-6(2,8)9-5-3-4-7;1-3(2)4/h3-9,12H,2,10H2,1H3;7-8H,3-5H2,1-2H3;3-4H,1-2H3. The first-order valence-corrected chi connectivity index (χ1v) is 10.8. The molecule has 0 fully saturated rings.